The topological polar surface area (TPSA) is 36.3 Å². The number of rotatable bonds is 6. The summed E-state index contributed by atoms with van der Waals surface area (Å²) >= 11 is 5.69. The summed E-state index contributed by atoms with van der Waals surface area (Å²) in [6.45, 7) is 4.12. The summed E-state index contributed by atoms with van der Waals surface area (Å²) < 4.78 is 2.26. The molecule has 1 saturated heterocycles. The van der Waals surface area contributed by atoms with Gasteiger partial charge in [-0.25, -0.2) is 0 Å². The average Bonchev–Trinajstić information content (AvgIpc) is 3.09. The summed E-state index contributed by atoms with van der Waals surface area (Å²) in [5.74, 6) is 0. The molecule has 3 heterocycles. The Morgan fingerprint density at radius 3 is 2.64 bits per heavy atom. The van der Waals surface area contributed by atoms with Gasteiger partial charge in [0, 0.05) is 31.2 Å². The summed E-state index contributed by atoms with van der Waals surface area (Å²) in [5.41, 5.74) is 3.55. The van der Waals surface area contributed by atoms with Gasteiger partial charge in [0.15, 0.2) is 5.11 Å². The van der Waals surface area contributed by atoms with E-state index in [0.29, 0.717) is 0 Å². The lowest BCUT2D eigenvalue weighted by atomic mass is 10.0. The number of nitrogens with zero attached hydrogens (tertiary/aromatic N) is 4. The van der Waals surface area contributed by atoms with E-state index in [1.165, 1.54) is 11.4 Å². The quantitative estimate of drug-likeness (QED) is 0.805. The number of hydrogen-bond donors (Lipinski definition) is 1. The van der Waals surface area contributed by atoms with Gasteiger partial charge < -0.3 is 19.7 Å². The normalized spacial score (nSPS) is 20.4. The molecule has 25 heavy (non-hydrogen) atoms. The fourth-order valence-electron chi connectivity index (χ4n) is 3.46. The van der Waals surface area contributed by atoms with Crippen molar-refractivity contribution in [3.8, 4) is 0 Å². The summed E-state index contributed by atoms with van der Waals surface area (Å²) in [4.78, 5) is 9.12. The van der Waals surface area contributed by atoms with Gasteiger partial charge in [-0.15, -0.1) is 0 Å². The van der Waals surface area contributed by atoms with Crippen LogP contribution in [0.25, 0.3) is 0 Å². The maximum absolute atomic E-state index is 5.69. The number of aryl methyl sites for hydroxylation is 1. The fraction of sp³-hybridized carbons (Fsp3) is 0.474. The van der Waals surface area contributed by atoms with E-state index in [0.717, 1.165) is 30.3 Å². The minimum Gasteiger partial charge on any atom is -0.352 e. The van der Waals surface area contributed by atoms with Crippen molar-refractivity contribution in [2.45, 2.75) is 25.4 Å². The Labute approximate surface area is 155 Å². The van der Waals surface area contributed by atoms with Gasteiger partial charge in [0.2, 0.25) is 0 Å². The number of pyridine rings is 1. The second-order valence-corrected chi connectivity index (χ2v) is 7.32. The Hall–Kier alpha value is -1.92. The molecule has 2 atom stereocenters. The van der Waals surface area contributed by atoms with Gasteiger partial charge in [-0.1, -0.05) is 6.07 Å². The van der Waals surface area contributed by atoms with Crippen LogP contribution in [0.2, 0.25) is 0 Å². The molecule has 1 N–H and O–H groups in total. The van der Waals surface area contributed by atoms with Gasteiger partial charge in [-0.3, -0.25) is 4.98 Å². The number of hydrogen-bond acceptors (Lipinski definition) is 3. The molecule has 5 nitrogen and oxygen atoms in total. The van der Waals surface area contributed by atoms with Crippen molar-refractivity contribution >= 4 is 17.3 Å². The zero-order valence-electron chi connectivity index (χ0n) is 15.4. The Morgan fingerprint density at radius 1 is 1.24 bits per heavy atom. The highest BCUT2D eigenvalue weighted by atomic mass is 32.1. The van der Waals surface area contributed by atoms with Crippen LogP contribution in [-0.2, 0) is 7.05 Å². The smallest absolute Gasteiger partial charge is 0.170 e. The van der Waals surface area contributed by atoms with Gasteiger partial charge in [-0.2, -0.15) is 0 Å². The molecule has 0 spiro atoms. The zero-order valence-corrected chi connectivity index (χ0v) is 16.3. The Bertz CT molecular complexity index is 725. The van der Waals surface area contributed by atoms with Crippen molar-refractivity contribution in [3.63, 3.8) is 0 Å². The van der Waals surface area contributed by atoms with Crippen LogP contribution >= 0.6 is 12.2 Å². The third kappa shape index (κ3) is 3.70. The van der Waals surface area contributed by atoms with E-state index in [-0.39, 0.29) is 12.1 Å². The van der Waals surface area contributed by atoms with Crippen molar-refractivity contribution in [2.24, 2.45) is 7.05 Å². The molecule has 0 saturated carbocycles. The van der Waals surface area contributed by atoms with E-state index in [2.05, 4.69) is 70.9 Å². The largest absolute Gasteiger partial charge is 0.352 e. The lowest BCUT2D eigenvalue weighted by molar-refractivity contribution is 0.284. The maximum Gasteiger partial charge on any atom is 0.170 e. The lowest BCUT2D eigenvalue weighted by Gasteiger charge is -2.29. The molecule has 3 rings (SSSR count). The Morgan fingerprint density at radius 2 is 2.04 bits per heavy atom. The van der Waals surface area contributed by atoms with Crippen LogP contribution in [0.4, 0.5) is 0 Å². The molecule has 0 aromatic carbocycles. The standard InChI is InChI=1S/C19H27N5S/c1-14-9-10-16(23(14)4)18-17(15-8-5-6-11-20-15)21-19(25)24(18)13-7-12-22(2)3/h5-6,8-11,17-18H,7,12-13H2,1-4H3,(H,21,25)/t17-,18-/m1/s1. The van der Waals surface area contributed by atoms with E-state index >= 15 is 0 Å². The second-order valence-electron chi connectivity index (χ2n) is 6.94. The molecule has 0 radical (unpaired) electrons. The first kappa shape index (κ1) is 17.9. The van der Waals surface area contributed by atoms with Crippen molar-refractivity contribution in [2.75, 3.05) is 27.2 Å². The molecule has 0 unspecified atom stereocenters. The van der Waals surface area contributed by atoms with Crippen molar-refractivity contribution in [1.82, 2.24) is 24.7 Å². The summed E-state index contributed by atoms with van der Waals surface area (Å²) in [5, 5.41) is 4.33. The van der Waals surface area contributed by atoms with Gasteiger partial charge >= 0.3 is 0 Å². The summed E-state index contributed by atoms with van der Waals surface area (Å²) in [6, 6.07) is 10.7. The molecule has 1 fully saturated rings. The van der Waals surface area contributed by atoms with Crippen molar-refractivity contribution < 1.29 is 0 Å². The van der Waals surface area contributed by atoms with Gasteiger partial charge in [-0.05, 0) is 70.5 Å². The zero-order chi connectivity index (χ0) is 18.0. The predicted octanol–water partition coefficient (Wildman–Crippen LogP) is 2.65. The molecular formula is C19H27N5S. The molecule has 1 aliphatic rings. The van der Waals surface area contributed by atoms with Gasteiger partial charge in [0.1, 0.15) is 0 Å². The third-order valence-corrected chi connectivity index (χ3v) is 5.27. The maximum atomic E-state index is 5.69. The van der Waals surface area contributed by atoms with Crippen LogP contribution in [0.15, 0.2) is 36.5 Å². The highest BCUT2D eigenvalue weighted by molar-refractivity contribution is 7.80. The number of aromatic nitrogens is 2. The monoisotopic (exact) mass is 357 g/mol. The minimum atomic E-state index is 0.0704. The highest BCUT2D eigenvalue weighted by Gasteiger charge is 2.40. The molecule has 0 bridgehead atoms. The molecule has 6 heteroatoms. The van der Waals surface area contributed by atoms with E-state index in [9.17, 15) is 0 Å². The molecule has 2 aromatic heterocycles. The molecule has 134 valence electrons. The van der Waals surface area contributed by atoms with Crippen LogP contribution in [0, 0.1) is 6.92 Å². The van der Waals surface area contributed by atoms with Crippen LogP contribution in [-0.4, -0.2) is 51.6 Å². The molecule has 0 amide bonds. The van der Waals surface area contributed by atoms with Crippen LogP contribution in [0.3, 0.4) is 0 Å². The van der Waals surface area contributed by atoms with Gasteiger partial charge in [0.25, 0.3) is 0 Å². The predicted molar refractivity (Wildman–Crippen MR) is 105 cm³/mol. The number of thiocarbonyl (C=S) groups is 1. The van der Waals surface area contributed by atoms with E-state index in [4.69, 9.17) is 12.2 Å². The van der Waals surface area contributed by atoms with Crippen LogP contribution in [0.1, 0.15) is 35.6 Å². The minimum absolute atomic E-state index is 0.0704. The SMILES string of the molecule is Cc1ccc([C@@H]2[C@@H](c3ccccn3)NC(=S)N2CCCN(C)C)n1C. The Kier molecular flexibility index (Phi) is 5.39. The van der Waals surface area contributed by atoms with E-state index < -0.39 is 0 Å². The Balaban J connectivity index is 1.93. The molecule has 1 aliphatic heterocycles. The summed E-state index contributed by atoms with van der Waals surface area (Å²) in [7, 11) is 6.34. The highest BCUT2D eigenvalue weighted by Crippen LogP contribution is 2.38. The van der Waals surface area contributed by atoms with Crippen molar-refractivity contribution in [3.05, 3.63) is 53.6 Å². The first-order valence-electron chi connectivity index (χ1n) is 8.74. The van der Waals surface area contributed by atoms with E-state index in [1.54, 1.807) is 0 Å². The molecule has 2 aromatic rings. The van der Waals surface area contributed by atoms with Crippen molar-refractivity contribution in [1.29, 1.82) is 0 Å². The number of nitrogens with one attached hydrogen (secondary N) is 1. The van der Waals surface area contributed by atoms with Gasteiger partial charge in [0.05, 0.1) is 17.8 Å². The third-order valence-electron chi connectivity index (χ3n) is 4.92. The van der Waals surface area contributed by atoms with Crippen LogP contribution < -0.4 is 5.32 Å². The van der Waals surface area contributed by atoms with Crippen LogP contribution in [0.5, 0.6) is 0 Å². The average molecular weight is 358 g/mol. The molecule has 0 aliphatic carbocycles. The fourth-order valence-corrected chi connectivity index (χ4v) is 3.79. The summed E-state index contributed by atoms with van der Waals surface area (Å²) in [6.07, 6.45) is 2.92. The second kappa shape index (κ2) is 7.54. The first-order chi connectivity index (χ1) is 12.0. The van der Waals surface area contributed by atoms with E-state index in [1.807, 2.05) is 18.3 Å². The lowest BCUT2D eigenvalue weighted by Crippen LogP contribution is -2.33. The molecular weight excluding hydrogens is 330 g/mol. The first-order valence-corrected chi connectivity index (χ1v) is 9.15.